The largest absolute Gasteiger partial charge is 0.341 e. The fourth-order valence-corrected chi connectivity index (χ4v) is 4.11. The lowest BCUT2D eigenvalue weighted by atomic mass is 9.93. The van der Waals surface area contributed by atoms with Gasteiger partial charge in [-0.3, -0.25) is 0 Å². The quantitative estimate of drug-likeness (QED) is 0.397. The Balaban J connectivity index is 1.89. The van der Waals surface area contributed by atoms with Crippen LogP contribution in [0.1, 0.15) is 11.7 Å². The van der Waals surface area contributed by atoms with Crippen molar-refractivity contribution in [2.24, 2.45) is 0 Å². The maximum atomic E-state index is 4.99. The standard InChI is InChI=1S/C22H14N2/c1-2-6-15(5-1)22-23-20-16-9-3-7-13-11-12-14-8-4-10-17(21(20)24-22)19(14)18(13)16/h1-12,15H,(H,23,24). The molecule has 0 saturated heterocycles. The zero-order chi connectivity index (χ0) is 15.7. The molecule has 112 valence electrons. The van der Waals surface area contributed by atoms with Gasteiger partial charge in [-0.25, -0.2) is 4.98 Å². The van der Waals surface area contributed by atoms with E-state index in [0.717, 1.165) is 16.9 Å². The van der Waals surface area contributed by atoms with Gasteiger partial charge in [0.05, 0.1) is 17.0 Å². The second-order valence-electron chi connectivity index (χ2n) is 6.51. The van der Waals surface area contributed by atoms with E-state index in [9.17, 15) is 0 Å². The van der Waals surface area contributed by atoms with Gasteiger partial charge in [-0.05, 0) is 21.5 Å². The van der Waals surface area contributed by atoms with Crippen molar-refractivity contribution in [2.45, 2.75) is 5.92 Å². The van der Waals surface area contributed by atoms with Crippen molar-refractivity contribution in [2.75, 3.05) is 0 Å². The Labute approximate surface area is 138 Å². The van der Waals surface area contributed by atoms with Crippen molar-refractivity contribution >= 4 is 43.4 Å². The van der Waals surface area contributed by atoms with Crippen LogP contribution in [0.2, 0.25) is 0 Å². The molecule has 0 unspecified atom stereocenters. The van der Waals surface area contributed by atoms with Gasteiger partial charge in [0.15, 0.2) is 0 Å². The predicted molar refractivity (Wildman–Crippen MR) is 101 cm³/mol. The molecule has 1 aromatic heterocycles. The highest BCUT2D eigenvalue weighted by Gasteiger charge is 2.18. The Morgan fingerprint density at radius 2 is 1.42 bits per heavy atom. The summed E-state index contributed by atoms with van der Waals surface area (Å²) in [6.45, 7) is 0. The summed E-state index contributed by atoms with van der Waals surface area (Å²) < 4.78 is 0. The van der Waals surface area contributed by atoms with E-state index in [1.54, 1.807) is 0 Å². The van der Waals surface area contributed by atoms with Crippen molar-refractivity contribution in [1.29, 1.82) is 0 Å². The summed E-state index contributed by atoms with van der Waals surface area (Å²) in [7, 11) is 0. The molecule has 0 spiro atoms. The van der Waals surface area contributed by atoms with Crippen molar-refractivity contribution in [3.05, 3.63) is 78.7 Å². The van der Waals surface area contributed by atoms with E-state index in [0.29, 0.717) is 0 Å². The minimum Gasteiger partial charge on any atom is -0.341 e. The van der Waals surface area contributed by atoms with Crippen LogP contribution in [-0.2, 0) is 0 Å². The first-order chi connectivity index (χ1) is 11.9. The van der Waals surface area contributed by atoms with E-state index in [4.69, 9.17) is 4.98 Å². The summed E-state index contributed by atoms with van der Waals surface area (Å²) in [6, 6.07) is 17.5. The van der Waals surface area contributed by atoms with Gasteiger partial charge in [0.25, 0.3) is 0 Å². The van der Waals surface area contributed by atoms with Gasteiger partial charge in [-0.15, -0.1) is 0 Å². The summed E-state index contributed by atoms with van der Waals surface area (Å²) in [5, 5.41) is 7.73. The van der Waals surface area contributed by atoms with Crippen LogP contribution in [0.15, 0.2) is 72.8 Å². The first-order valence-corrected chi connectivity index (χ1v) is 8.30. The van der Waals surface area contributed by atoms with E-state index >= 15 is 0 Å². The van der Waals surface area contributed by atoms with Gasteiger partial charge < -0.3 is 4.98 Å². The number of nitrogens with zero attached hydrogens (tertiary/aromatic N) is 1. The second kappa shape index (κ2) is 4.24. The highest BCUT2D eigenvalue weighted by molar-refractivity contribution is 6.32. The molecule has 0 aliphatic heterocycles. The second-order valence-corrected chi connectivity index (χ2v) is 6.51. The van der Waals surface area contributed by atoms with Crippen LogP contribution in [-0.4, -0.2) is 9.97 Å². The van der Waals surface area contributed by atoms with Crippen LogP contribution in [0.3, 0.4) is 0 Å². The molecule has 0 amide bonds. The number of nitrogens with one attached hydrogen (secondary N) is 1. The number of aromatic nitrogens is 2. The van der Waals surface area contributed by atoms with Gasteiger partial charge in [-0.2, -0.15) is 0 Å². The van der Waals surface area contributed by atoms with Crippen LogP contribution >= 0.6 is 0 Å². The Morgan fingerprint density at radius 3 is 2.17 bits per heavy atom. The molecule has 1 N–H and O–H groups in total. The highest BCUT2D eigenvalue weighted by atomic mass is 14.9. The molecule has 5 aromatic rings. The number of allylic oxidation sites excluding steroid dienone is 4. The van der Waals surface area contributed by atoms with E-state index < -0.39 is 0 Å². The van der Waals surface area contributed by atoms with Crippen LogP contribution < -0.4 is 0 Å². The summed E-state index contributed by atoms with van der Waals surface area (Å²) in [5.41, 5.74) is 2.23. The predicted octanol–water partition coefficient (Wildman–Crippen LogP) is 5.67. The molecule has 4 aromatic carbocycles. The molecule has 1 aliphatic carbocycles. The monoisotopic (exact) mass is 306 g/mol. The fraction of sp³-hybridized carbons (Fsp3) is 0.0455. The molecule has 2 heteroatoms. The van der Waals surface area contributed by atoms with Crippen LogP contribution in [0.25, 0.3) is 43.4 Å². The molecule has 0 fully saturated rings. The van der Waals surface area contributed by atoms with Gasteiger partial charge >= 0.3 is 0 Å². The number of fused-ring (bicyclic) bond motifs is 3. The summed E-state index contributed by atoms with van der Waals surface area (Å²) in [4.78, 5) is 8.59. The molecule has 0 radical (unpaired) electrons. The zero-order valence-corrected chi connectivity index (χ0v) is 13.0. The number of aromatic amines is 1. The maximum Gasteiger partial charge on any atom is 0.118 e. The average Bonchev–Trinajstić information content (AvgIpc) is 3.30. The van der Waals surface area contributed by atoms with Crippen molar-refractivity contribution in [3.8, 4) is 0 Å². The number of benzene rings is 4. The number of hydrogen-bond acceptors (Lipinski definition) is 1. The zero-order valence-electron chi connectivity index (χ0n) is 13.0. The van der Waals surface area contributed by atoms with Gasteiger partial charge in [0.2, 0.25) is 0 Å². The Morgan fingerprint density at radius 1 is 0.750 bits per heavy atom. The Kier molecular flexibility index (Phi) is 2.17. The third-order valence-electron chi connectivity index (χ3n) is 5.20. The SMILES string of the molecule is C1=CC(c2nc3c4cccc5ccc6cccc(c3[nH]2)c6c54)C=C1. The Hall–Kier alpha value is -3.13. The average molecular weight is 306 g/mol. The first kappa shape index (κ1) is 12.3. The lowest BCUT2D eigenvalue weighted by molar-refractivity contribution is 0.972. The summed E-state index contributed by atoms with van der Waals surface area (Å²) in [6.07, 6.45) is 8.53. The van der Waals surface area contributed by atoms with E-state index in [2.05, 4.69) is 77.8 Å². The van der Waals surface area contributed by atoms with Crippen molar-refractivity contribution < 1.29 is 0 Å². The normalized spacial score (nSPS) is 15.0. The smallest absolute Gasteiger partial charge is 0.118 e. The summed E-state index contributed by atoms with van der Waals surface area (Å²) in [5.74, 6) is 1.27. The van der Waals surface area contributed by atoms with E-state index in [1.165, 1.54) is 32.3 Å². The molecule has 1 aliphatic rings. The van der Waals surface area contributed by atoms with E-state index in [1.807, 2.05) is 0 Å². The molecule has 0 bridgehead atoms. The highest BCUT2D eigenvalue weighted by Crippen LogP contribution is 2.40. The molecule has 6 rings (SSSR count). The van der Waals surface area contributed by atoms with Gasteiger partial charge in [0, 0.05) is 10.8 Å². The Bertz CT molecular complexity index is 1200. The van der Waals surface area contributed by atoms with Gasteiger partial charge in [-0.1, -0.05) is 72.8 Å². The minimum absolute atomic E-state index is 0.247. The molecular formula is C22H14N2. The van der Waals surface area contributed by atoms with Crippen molar-refractivity contribution in [3.63, 3.8) is 0 Å². The number of H-pyrrole nitrogens is 1. The lowest BCUT2D eigenvalue weighted by Gasteiger charge is -2.11. The molecule has 0 saturated carbocycles. The van der Waals surface area contributed by atoms with Crippen molar-refractivity contribution in [1.82, 2.24) is 9.97 Å². The lowest BCUT2D eigenvalue weighted by Crippen LogP contribution is -1.90. The number of hydrogen-bond donors (Lipinski definition) is 1. The third-order valence-corrected chi connectivity index (χ3v) is 5.20. The van der Waals surface area contributed by atoms with Crippen LogP contribution in [0.4, 0.5) is 0 Å². The molecule has 2 nitrogen and oxygen atoms in total. The molecule has 1 heterocycles. The van der Waals surface area contributed by atoms with E-state index in [-0.39, 0.29) is 5.92 Å². The molecular weight excluding hydrogens is 292 g/mol. The minimum atomic E-state index is 0.247. The summed E-state index contributed by atoms with van der Waals surface area (Å²) >= 11 is 0. The van der Waals surface area contributed by atoms with Crippen LogP contribution in [0, 0.1) is 0 Å². The number of imidazole rings is 1. The van der Waals surface area contributed by atoms with Crippen LogP contribution in [0.5, 0.6) is 0 Å². The fourth-order valence-electron chi connectivity index (χ4n) is 4.11. The maximum absolute atomic E-state index is 4.99. The molecule has 24 heavy (non-hydrogen) atoms. The topological polar surface area (TPSA) is 28.7 Å². The number of rotatable bonds is 1. The molecule has 0 atom stereocenters. The third kappa shape index (κ3) is 1.43. The van der Waals surface area contributed by atoms with Gasteiger partial charge in [0.1, 0.15) is 5.82 Å². The first-order valence-electron chi connectivity index (χ1n) is 8.30.